The van der Waals surface area contributed by atoms with Crippen LogP contribution in [0.5, 0.6) is 0 Å². The second kappa shape index (κ2) is 6.76. The van der Waals surface area contributed by atoms with E-state index in [0.29, 0.717) is 29.5 Å². The van der Waals surface area contributed by atoms with Crippen LogP contribution in [0.3, 0.4) is 0 Å². The lowest BCUT2D eigenvalue weighted by Crippen LogP contribution is -2.61. The maximum atomic E-state index is 5.79. The molecular weight excluding hydrogens is 248 g/mol. The molecule has 0 aromatic heterocycles. The Bertz CT molecular complexity index is 292. The highest BCUT2D eigenvalue weighted by Gasteiger charge is 2.35. The minimum atomic E-state index is 0.337. The largest absolute Gasteiger partial charge is 0.378 e. The molecule has 3 heteroatoms. The molecule has 0 bridgehead atoms. The maximum Gasteiger partial charge on any atom is 0.0588 e. The van der Waals surface area contributed by atoms with Crippen molar-refractivity contribution in [2.75, 3.05) is 26.2 Å². The highest BCUT2D eigenvalue weighted by Crippen LogP contribution is 2.26. The Labute approximate surface area is 125 Å². The van der Waals surface area contributed by atoms with E-state index in [4.69, 9.17) is 4.74 Å². The summed E-state index contributed by atoms with van der Waals surface area (Å²) in [5.74, 6) is 0.716. The molecule has 0 saturated carbocycles. The van der Waals surface area contributed by atoms with Gasteiger partial charge in [-0.1, -0.05) is 34.6 Å². The Morgan fingerprint density at radius 2 is 2.05 bits per heavy atom. The zero-order valence-electron chi connectivity index (χ0n) is 14.1. The van der Waals surface area contributed by atoms with Gasteiger partial charge in [0, 0.05) is 38.3 Å². The van der Waals surface area contributed by atoms with Gasteiger partial charge in [0.25, 0.3) is 0 Å². The van der Waals surface area contributed by atoms with E-state index >= 15 is 0 Å². The third kappa shape index (κ3) is 4.19. The molecule has 0 aromatic rings. The van der Waals surface area contributed by atoms with Gasteiger partial charge in [-0.15, -0.1) is 0 Å². The quantitative estimate of drug-likeness (QED) is 0.858. The van der Waals surface area contributed by atoms with Gasteiger partial charge in [-0.3, -0.25) is 4.90 Å². The van der Waals surface area contributed by atoms with Crippen LogP contribution in [0, 0.1) is 11.3 Å². The molecule has 2 heterocycles. The molecule has 3 nitrogen and oxygen atoms in total. The smallest absolute Gasteiger partial charge is 0.0588 e. The highest BCUT2D eigenvalue weighted by molar-refractivity contribution is 4.93. The van der Waals surface area contributed by atoms with Crippen LogP contribution in [-0.4, -0.2) is 49.3 Å². The molecule has 3 unspecified atom stereocenters. The van der Waals surface area contributed by atoms with Crippen LogP contribution in [0.25, 0.3) is 0 Å². The first-order valence-corrected chi connectivity index (χ1v) is 8.47. The summed E-state index contributed by atoms with van der Waals surface area (Å²) >= 11 is 0. The first-order chi connectivity index (χ1) is 9.38. The van der Waals surface area contributed by atoms with Crippen molar-refractivity contribution in [3.05, 3.63) is 0 Å². The van der Waals surface area contributed by atoms with Gasteiger partial charge in [-0.25, -0.2) is 0 Å². The lowest BCUT2D eigenvalue weighted by atomic mass is 9.83. The van der Waals surface area contributed by atoms with Crippen LogP contribution in [0.2, 0.25) is 0 Å². The van der Waals surface area contributed by atoms with E-state index in [1.807, 2.05) is 0 Å². The van der Waals surface area contributed by atoms with Crippen molar-refractivity contribution in [2.24, 2.45) is 11.3 Å². The van der Waals surface area contributed by atoms with Crippen molar-refractivity contribution in [3.8, 4) is 0 Å². The second-order valence-corrected chi connectivity index (χ2v) is 8.06. The third-order valence-corrected chi connectivity index (χ3v) is 5.04. The number of piperazine rings is 1. The van der Waals surface area contributed by atoms with Crippen molar-refractivity contribution in [1.29, 1.82) is 0 Å². The van der Waals surface area contributed by atoms with E-state index in [1.54, 1.807) is 0 Å². The summed E-state index contributed by atoms with van der Waals surface area (Å²) in [6, 6.07) is 1.27. The van der Waals surface area contributed by atoms with Crippen LogP contribution in [0.15, 0.2) is 0 Å². The summed E-state index contributed by atoms with van der Waals surface area (Å²) in [6.07, 6.45) is 4.25. The van der Waals surface area contributed by atoms with Crippen molar-refractivity contribution in [3.63, 3.8) is 0 Å². The molecule has 0 amide bonds. The SMILES string of the molecule is CC(C)C1CNC(C(C)(C)C)CN1CCC1CCCO1. The Kier molecular flexibility index (Phi) is 5.49. The summed E-state index contributed by atoms with van der Waals surface area (Å²) < 4.78 is 5.79. The zero-order chi connectivity index (χ0) is 14.8. The number of nitrogens with one attached hydrogen (secondary N) is 1. The average molecular weight is 282 g/mol. The fourth-order valence-electron chi connectivity index (χ4n) is 3.50. The second-order valence-electron chi connectivity index (χ2n) is 8.06. The minimum absolute atomic E-state index is 0.337. The first-order valence-electron chi connectivity index (χ1n) is 8.47. The maximum absolute atomic E-state index is 5.79. The number of hydrogen-bond donors (Lipinski definition) is 1. The number of ether oxygens (including phenoxy) is 1. The standard InChI is InChI=1S/C17H34N2O/c1-13(2)15-11-18-16(17(3,4)5)12-19(15)9-8-14-7-6-10-20-14/h13-16,18H,6-12H2,1-5H3. The molecule has 20 heavy (non-hydrogen) atoms. The topological polar surface area (TPSA) is 24.5 Å². The van der Waals surface area contributed by atoms with Gasteiger partial charge in [0.2, 0.25) is 0 Å². The van der Waals surface area contributed by atoms with E-state index < -0.39 is 0 Å². The van der Waals surface area contributed by atoms with Crippen molar-refractivity contribution >= 4 is 0 Å². The van der Waals surface area contributed by atoms with E-state index in [-0.39, 0.29) is 0 Å². The molecule has 0 aliphatic carbocycles. The lowest BCUT2D eigenvalue weighted by Gasteiger charge is -2.46. The Balaban J connectivity index is 1.91. The number of rotatable bonds is 4. The predicted octanol–water partition coefficient (Wildman–Crippen LogP) is 2.90. The van der Waals surface area contributed by atoms with E-state index in [2.05, 4.69) is 44.8 Å². The van der Waals surface area contributed by atoms with E-state index in [1.165, 1.54) is 32.4 Å². The van der Waals surface area contributed by atoms with Gasteiger partial charge in [-0.05, 0) is 30.6 Å². The zero-order valence-corrected chi connectivity index (χ0v) is 14.1. The molecular formula is C17H34N2O. The summed E-state index contributed by atoms with van der Waals surface area (Å²) in [5, 5.41) is 3.78. The Morgan fingerprint density at radius 1 is 1.30 bits per heavy atom. The van der Waals surface area contributed by atoms with Crippen LogP contribution < -0.4 is 5.32 Å². The lowest BCUT2D eigenvalue weighted by molar-refractivity contribution is 0.0405. The van der Waals surface area contributed by atoms with Crippen LogP contribution in [-0.2, 0) is 4.74 Å². The molecule has 2 aliphatic heterocycles. The normalized spacial score (nSPS) is 33.0. The third-order valence-electron chi connectivity index (χ3n) is 5.04. The van der Waals surface area contributed by atoms with Gasteiger partial charge in [-0.2, -0.15) is 0 Å². The molecule has 1 N–H and O–H groups in total. The highest BCUT2D eigenvalue weighted by atomic mass is 16.5. The van der Waals surface area contributed by atoms with Crippen molar-refractivity contribution in [2.45, 2.75) is 72.1 Å². The van der Waals surface area contributed by atoms with Crippen LogP contribution >= 0.6 is 0 Å². The predicted molar refractivity (Wildman–Crippen MR) is 85.0 cm³/mol. The first kappa shape index (κ1) is 16.3. The molecule has 0 radical (unpaired) electrons. The van der Waals surface area contributed by atoms with Gasteiger partial charge >= 0.3 is 0 Å². The van der Waals surface area contributed by atoms with E-state index in [9.17, 15) is 0 Å². The van der Waals surface area contributed by atoms with Gasteiger partial charge in [0.15, 0.2) is 0 Å². The number of nitrogens with zero attached hydrogens (tertiary/aromatic N) is 1. The van der Waals surface area contributed by atoms with Gasteiger partial charge in [0.05, 0.1) is 6.10 Å². The average Bonchev–Trinajstić information content (AvgIpc) is 2.87. The van der Waals surface area contributed by atoms with Crippen LogP contribution in [0.4, 0.5) is 0 Å². The summed E-state index contributed by atoms with van der Waals surface area (Å²) in [6.45, 7) is 16.2. The Morgan fingerprint density at radius 3 is 2.60 bits per heavy atom. The van der Waals surface area contributed by atoms with E-state index in [0.717, 1.165) is 13.2 Å². The molecule has 2 saturated heterocycles. The molecule has 2 rings (SSSR count). The molecule has 0 spiro atoms. The molecule has 2 aliphatic rings. The summed E-state index contributed by atoms with van der Waals surface area (Å²) in [5.41, 5.74) is 0.337. The van der Waals surface area contributed by atoms with Gasteiger partial charge < -0.3 is 10.1 Å². The molecule has 3 atom stereocenters. The number of hydrogen-bond acceptors (Lipinski definition) is 3. The monoisotopic (exact) mass is 282 g/mol. The van der Waals surface area contributed by atoms with Gasteiger partial charge in [0.1, 0.15) is 0 Å². The van der Waals surface area contributed by atoms with Crippen molar-refractivity contribution < 1.29 is 4.74 Å². The summed E-state index contributed by atoms with van der Waals surface area (Å²) in [4.78, 5) is 2.72. The fourth-order valence-corrected chi connectivity index (χ4v) is 3.50. The summed E-state index contributed by atoms with van der Waals surface area (Å²) in [7, 11) is 0. The molecule has 2 fully saturated rings. The molecule has 118 valence electrons. The molecule has 0 aromatic carbocycles. The van der Waals surface area contributed by atoms with Crippen LogP contribution in [0.1, 0.15) is 53.9 Å². The Hall–Kier alpha value is -0.120. The fraction of sp³-hybridized carbons (Fsp3) is 1.00. The van der Waals surface area contributed by atoms with Crippen molar-refractivity contribution in [1.82, 2.24) is 10.2 Å². The minimum Gasteiger partial charge on any atom is -0.378 e.